The number of aromatic nitrogens is 5. The van der Waals surface area contributed by atoms with Gasteiger partial charge in [0.15, 0.2) is 0 Å². The number of carbonyl (C=O) groups excluding carboxylic acids is 1. The van der Waals surface area contributed by atoms with E-state index < -0.39 is 11.5 Å². The third-order valence-corrected chi connectivity index (χ3v) is 4.18. The second-order valence-electron chi connectivity index (χ2n) is 7.35. The van der Waals surface area contributed by atoms with Crippen molar-refractivity contribution < 1.29 is 4.79 Å². The van der Waals surface area contributed by atoms with Gasteiger partial charge in [0.05, 0.1) is 11.7 Å². The number of carbonyl (C=O) groups is 1. The van der Waals surface area contributed by atoms with Crippen molar-refractivity contribution in [1.29, 1.82) is 0 Å². The predicted molar refractivity (Wildman–Crippen MR) is 101 cm³/mol. The number of hydrogen-bond donors (Lipinski definition) is 2. The molecule has 0 aliphatic rings. The van der Waals surface area contributed by atoms with Gasteiger partial charge in [-0.3, -0.25) is 9.59 Å². The molecule has 140 valence electrons. The molecule has 2 N–H and O–H groups in total. The second kappa shape index (κ2) is 7.14. The fourth-order valence-corrected chi connectivity index (χ4v) is 2.55. The van der Waals surface area contributed by atoms with E-state index in [4.69, 9.17) is 0 Å². The Morgan fingerprint density at radius 2 is 1.93 bits per heavy atom. The highest BCUT2D eigenvalue weighted by Crippen LogP contribution is 2.17. The van der Waals surface area contributed by atoms with Crippen molar-refractivity contribution in [2.45, 2.75) is 39.2 Å². The van der Waals surface area contributed by atoms with Crippen LogP contribution in [0.25, 0.3) is 5.69 Å². The van der Waals surface area contributed by atoms with E-state index in [-0.39, 0.29) is 17.0 Å². The Morgan fingerprint density at radius 3 is 2.48 bits per heavy atom. The molecule has 27 heavy (non-hydrogen) atoms. The molecule has 0 saturated carbocycles. The van der Waals surface area contributed by atoms with Crippen LogP contribution in [-0.4, -0.2) is 30.6 Å². The summed E-state index contributed by atoms with van der Waals surface area (Å²) in [5.74, 6) is 0.0814. The molecule has 3 rings (SSSR count). The van der Waals surface area contributed by atoms with E-state index >= 15 is 0 Å². The van der Waals surface area contributed by atoms with Crippen molar-refractivity contribution in [2.75, 3.05) is 0 Å². The molecule has 1 atom stereocenters. The van der Waals surface area contributed by atoms with E-state index in [0.717, 1.165) is 11.3 Å². The van der Waals surface area contributed by atoms with Gasteiger partial charge < -0.3 is 10.3 Å². The summed E-state index contributed by atoms with van der Waals surface area (Å²) in [4.78, 5) is 35.5. The topological polar surface area (TPSA) is 106 Å². The summed E-state index contributed by atoms with van der Waals surface area (Å²) in [5.41, 5.74) is 1.03. The zero-order valence-electron chi connectivity index (χ0n) is 15.7. The minimum atomic E-state index is -0.461. The molecule has 3 aromatic rings. The number of rotatable bonds is 4. The lowest BCUT2D eigenvalue weighted by atomic mass is 9.96. The van der Waals surface area contributed by atoms with Crippen LogP contribution in [0.5, 0.6) is 0 Å². The molecule has 0 fully saturated rings. The maximum absolute atomic E-state index is 12.5. The minimum absolute atomic E-state index is 0.00548. The lowest BCUT2D eigenvalue weighted by Gasteiger charge is -2.18. The first-order chi connectivity index (χ1) is 12.8. The quantitative estimate of drug-likeness (QED) is 0.736. The molecule has 8 nitrogen and oxygen atoms in total. The number of amides is 1. The number of nitrogens with one attached hydrogen (secondary N) is 2. The molecule has 8 heteroatoms. The smallest absolute Gasteiger partial charge is 0.263 e. The van der Waals surface area contributed by atoms with E-state index in [0.29, 0.717) is 5.82 Å². The lowest BCUT2D eigenvalue weighted by Crippen LogP contribution is -2.33. The Hall–Kier alpha value is -3.29. The van der Waals surface area contributed by atoms with Crippen LogP contribution in [0.4, 0.5) is 0 Å². The molecule has 1 aromatic carbocycles. The van der Waals surface area contributed by atoms with Crippen LogP contribution in [0.3, 0.4) is 0 Å². The van der Waals surface area contributed by atoms with E-state index in [1.807, 2.05) is 52.0 Å². The Kier molecular flexibility index (Phi) is 4.89. The Morgan fingerprint density at radius 1 is 1.22 bits per heavy atom. The highest BCUT2D eigenvalue weighted by atomic mass is 16.2. The average Bonchev–Trinajstić information content (AvgIpc) is 3.15. The normalized spacial score (nSPS) is 12.6. The van der Waals surface area contributed by atoms with Crippen molar-refractivity contribution >= 4 is 5.91 Å². The van der Waals surface area contributed by atoms with Gasteiger partial charge >= 0.3 is 0 Å². The summed E-state index contributed by atoms with van der Waals surface area (Å²) in [6, 6.07) is 7.29. The Bertz CT molecular complexity index is 984. The fraction of sp³-hybridized carbons (Fsp3) is 0.316. The van der Waals surface area contributed by atoms with Crippen LogP contribution >= 0.6 is 0 Å². The first-order valence-corrected chi connectivity index (χ1v) is 8.61. The molecule has 0 spiro atoms. The van der Waals surface area contributed by atoms with Crippen molar-refractivity contribution in [2.24, 2.45) is 0 Å². The number of hydrogen-bond acceptors (Lipinski definition) is 5. The van der Waals surface area contributed by atoms with Gasteiger partial charge in [-0.2, -0.15) is 5.10 Å². The molecular weight excluding hydrogens is 344 g/mol. The summed E-state index contributed by atoms with van der Waals surface area (Å²) in [6.07, 6.45) is 4.41. The predicted octanol–water partition coefficient (Wildman–Crippen LogP) is 2.14. The first-order valence-electron chi connectivity index (χ1n) is 8.61. The van der Waals surface area contributed by atoms with E-state index in [1.54, 1.807) is 11.0 Å². The molecule has 0 bridgehead atoms. The Labute approximate surface area is 156 Å². The molecule has 1 unspecified atom stereocenters. The third-order valence-electron chi connectivity index (χ3n) is 4.18. The van der Waals surface area contributed by atoms with Crippen molar-refractivity contribution in [3.8, 4) is 5.69 Å². The number of H-pyrrole nitrogens is 1. The highest BCUT2D eigenvalue weighted by Gasteiger charge is 2.20. The van der Waals surface area contributed by atoms with Crippen LogP contribution in [-0.2, 0) is 5.41 Å². The fourth-order valence-electron chi connectivity index (χ4n) is 2.55. The summed E-state index contributed by atoms with van der Waals surface area (Å²) in [6.45, 7) is 7.68. The molecule has 0 radical (unpaired) electrons. The van der Waals surface area contributed by atoms with E-state index in [9.17, 15) is 9.59 Å². The van der Waals surface area contributed by atoms with Gasteiger partial charge in [0, 0.05) is 11.6 Å². The number of benzene rings is 1. The molecule has 0 aliphatic carbocycles. The highest BCUT2D eigenvalue weighted by molar-refractivity contribution is 5.93. The minimum Gasteiger partial charge on any atom is -0.345 e. The van der Waals surface area contributed by atoms with Crippen molar-refractivity contribution in [1.82, 2.24) is 30.0 Å². The van der Waals surface area contributed by atoms with Crippen molar-refractivity contribution in [3.63, 3.8) is 0 Å². The zero-order valence-corrected chi connectivity index (χ0v) is 15.7. The molecular formula is C19H22N6O2. The van der Waals surface area contributed by atoms with Gasteiger partial charge in [0.1, 0.15) is 24.0 Å². The largest absolute Gasteiger partial charge is 0.345 e. The van der Waals surface area contributed by atoms with Gasteiger partial charge in [-0.15, -0.1) is 0 Å². The molecule has 0 saturated heterocycles. The molecule has 0 aliphatic heterocycles. The number of aromatic amines is 1. The summed E-state index contributed by atoms with van der Waals surface area (Å²) < 4.78 is 1.65. The summed E-state index contributed by atoms with van der Waals surface area (Å²) in [7, 11) is 0. The van der Waals surface area contributed by atoms with Crippen LogP contribution in [0.2, 0.25) is 0 Å². The van der Waals surface area contributed by atoms with Gasteiger partial charge in [0.25, 0.3) is 11.5 Å². The molecule has 1 amide bonds. The van der Waals surface area contributed by atoms with Crippen molar-refractivity contribution in [3.05, 3.63) is 70.4 Å². The van der Waals surface area contributed by atoms with Gasteiger partial charge in [-0.1, -0.05) is 32.9 Å². The maximum atomic E-state index is 12.5. The Balaban J connectivity index is 1.73. The van der Waals surface area contributed by atoms with Gasteiger partial charge in [0.2, 0.25) is 0 Å². The van der Waals surface area contributed by atoms with E-state index in [2.05, 4.69) is 25.4 Å². The van der Waals surface area contributed by atoms with Crippen LogP contribution in [0, 0.1) is 0 Å². The second-order valence-corrected chi connectivity index (χ2v) is 7.35. The molecule has 2 heterocycles. The standard InChI is InChI=1S/C19H22N6O2/c1-12(13-5-7-14(8-6-13)25-11-20-10-22-25)23-16(26)15-9-21-18(19(2,3)4)24-17(15)27/h5-12H,1-4H3,(H,23,26)(H,21,24,27). The first kappa shape index (κ1) is 18.5. The van der Waals surface area contributed by atoms with Crippen LogP contribution < -0.4 is 10.9 Å². The molecule has 2 aromatic heterocycles. The van der Waals surface area contributed by atoms with Gasteiger partial charge in [-0.05, 0) is 24.6 Å². The third kappa shape index (κ3) is 4.11. The van der Waals surface area contributed by atoms with Crippen LogP contribution in [0.1, 0.15) is 55.5 Å². The zero-order chi connectivity index (χ0) is 19.6. The van der Waals surface area contributed by atoms with Crippen LogP contribution in [0.15, 0.2) is 47.9 Å². The monoisotopic (exact) mass is 366 g/mol. The summed E-state index contributed by atoms with van der Waals surface area (Å²) in [5, 5.41) is 6.91. The SMILES string of the molecule is CC(NC(=O)c1cnc(C(C)(C)C)[nH]c1=O)c1ccc(-n2cncn2)cc1. The average molecular weight is 366 g/mol. The van der Waals surface area contributed by atoms with Gasteiger partial charge in [-0.25, -0.2) is 14.6 Å². The lowest BCUT2D eigenvalue weighted by molar-refractivity contribution is 0.0937. The van der Waals surface area contributed by atoms with E-state index in [1.165, 1.54) is 12.5 Å². The maximum Gasteiger partial charge on any atom is 0.263 e. The summed E-state index contributed by atoms with van der Waals surface area (Å²) >= 11 is 0. The number of nitrogens with zero attached hydrogens (tertiary/aromatic N) is 4.